The van der Waals surface area contributed by atoms with Crippen LogP contribution in [-0.2, 0) is 9.53 Å². The number of nitrogens with zero attached hydrogens (tertiary/aromatic N) is 2. The Hall–Kier alpha value is -3.54. The summed E-state index contributed by atoms with van der Waals surface area (Å²) in [5, 5.41) is 3.82. The number of hydrogen-bond acceptors (Lipinski definition) is 5. The number of carbonyl (C=O) groups is 2. The molecule has 2 aromatic carbocycles. The highest BCUT2D eigenvalue weighted by Gasteiger charge is 2.31. The highest BCUT2D eigenvalue weighted by atomic mass is 16.5. The fraction of sp³-hybridized carbons (Fsp3) is 0.100. The quantitative estimate of drug-likeness (QED) is 0.582. The molecule has 6 heteroatoms. The van der Waals surface area contributed by atoms with Gasteiger partial charge in [-0.15, -0.1) is 0 Å². The number of aromatic nitrogens is 1. The minimum Gasteiger partial charge on any atom is -0.465 e. The fourth-order valence-corrected chi connectivity index (χ4v) is 3.07. The van der Waals surface area contributed by atoms with Crippen LogP contribution in [0.1, 0.15) is 21.8 Å². The second kappa shape index (κ2) is 6.40. The van der Waals surface area contributed by atoms with E-state index in [4.69, 9.17) is 0 Å². The number of nitrogens with one attached hydrogen (secondary N) is 1. The van der Waals surface area contributed by atoms with Crippen molar-refractivity contribution in [2.24, 2.45) is 4.99 Å². The summed E-state index contributed by atoms with van der Waals surface area (Å²) in [5.41, 5.74) is 3.61. The van der Waals surface area contributed by atoms with Gasteiger partial charge in [-0.25, -0.2) is 4.79 Å². The first-order valence-corrected chi connectivity index (χ1v) is 8.08. The van der Waals surface area contributed by atoms with Gasteiger partial charge in [0.2, 0.25) is 5.91 Å². The molecule has 128 valence electrons. The summed E-state index contributed by atoms with van der Waals surface area (Å²) >= 11 is 0. The van der Waals surface area contributed by atoms with Crippen LogP contribution in [-0.4, -0.2) is 30.2 Å². The number of pyridine rings is 1. The Morgan fingerprint density at radius 3 is 2.77 bits per heavy atom. The van der Waals surface area contributed by atoms with E-state index in [2.05, 4.69) is 20.0 Å². The van der Waals surface area contributed by atoms with Gasteiger partial charge in [0.05, 0.1) is 23.9 Å². The average Bonchev–Trinajstić information content (AvgIpc) is 3.01. The lowest BCUT2D eigenvalue weighted by atomic mass is 9.97. The molecule has 3 aromatic rings. The van der Waals surface area contributed by atoms with Gasteiger partial charge in [-0.2, -0.15) is 0 Å². The molecule has 0 aliphatic carbocycles. The number of rotatable bonds is 3. The molecule has 0 radical (unpaired) electrons. The normalized spacial score (nSPS) is 15.9. The molecule has 26 heavy (non-hydrogen) atoms. The molecule has 0 fully saturated rings. The molecular formula is C20H15N3O3. The van der Waals surface area contributed by atoms with Crippen LogP contribution in [0.4, 0.5) is 11.4 Å². The maximum Gasteiger partial charge on any atom is 0.337 e. The average molecular weight is 345 g/mol. The smallest absolute Gasteiger partial charge is 0.337 e. The zero-order valence-corrected chi connectivity index (χ0v) is 14.0. The third-order valence-electron chi connectivity index (χ3n) is 4.34. The van der Waals surface area contributed by atoms with E-state index in [1.807, 2.05) is 24.3 Å². The molecular weight excluding hydrogens is 330 g/mol. The number of aliphatic imine (C=N–C) groups is 1. The molecule has 1 N–H and O–H groups in total. The summed E-state index contributed by atoms with van der Waals surface area (Å²) in [6.07, 6.45) is 3.35. The summed E-state index contributed by atoms with van der Waals surface area (Å²) in [6, 6.07) is 14.3. The van der Waals surface area contributed by atoms with Gasteiger partial charge < -0.3 is 10.1 Å². The number of ether oxygens (including phenoxy) is 1. The summed E-state index contributed by atoms with van der Waals surface area (Å²) in [7, 11) is 1.34. The van der Waals surface area contributed by atoms with Gasteiger partial charge in [0.1, 0.15) is 5.92 Å². The molecule has 6 nitrogen and oxygen atoms in total. The first-order valence-electron chi connectivity index (χ1n) is 8.08. The molecule has 1 atom stereocenters. The number of carbonyl (C=O) groups excluding carboxylic acids is 2. The minimum absolute atomic E-state index is 0.119. The van der Waals surface area contributed by atoms with Crippen LogP contribution in [0.3, 0.4) is 0 Å². The highest BCUT2D eigenvalue weighted by molar-refractivity contribution is 6.16. The van der Waals surface area contributed by atoms with Crippen molar-refractivity contribution < 1.29 is 14.3 Å². The summed E-state index contributed by atoms with van der Waals surface area (Å²) in [5.74, 6) is -1.01. The molecule has 0 saturated heterocycles. The molecule has 1 aliphatic rings. The molecule has 0 spiro atoms. The molecule has 2 heterocycles. The molecule has 0 saturated carbocycles. The largest absolute Gasteiger partial charge is 0.465 e. The third-order valence-corrected chi connectivity index (χ3v) is 4.34. The number of anilines is 1. The summed E-state index contributed by atoms with van der Waals surface area (Å²) < 4.78 is 4.68. The van der Waals surface area contributed by atoms with Crippen LogP contribution >= 0.6 is 0 Å². The van der Waals surface area contributed by atoms with Crippen molar-refractivity contribution in [1.29, 1.82) is 0 Å². The summed E-state index contributed by atoms with van der Waals surface area (Å²) in [6.45, 7) is 0. The summed E-state index contributed by atoms with van der Waals surface area (Å²) in [4.78, 5) is 32.6. The predicted octanol–water partition coefficient (Wildman–Crippen LogP) is 3.46. The van der Waals surface area contributed by atoms with E-state index in [1.165, 1.54) is 7.11 Å². The van der Waals surface area contributed by atoms with Crippen LogP contribution in [0.15, 0.2) is 59.7 Å². The highest BCUT2D eigenvalue weighted by Crippen LogP contribution is 2.37. The Kier molecular flexibility index (Phi) is 3.93. The van der Waals surface area contributed by atoms with Crippen LogP contribution in [0.5, 0.6) is 0 Å². The van der Waals surface area contributed by atoms with Gasteiger partial charge in [0.25, 0.3) is 0 Å². The number of esters is 1. The first kappa shape index (κ1) is 16.0. The van der Waals surface area contributed by atoms with Crippen LogP contribution in [0.2, 0.25) is 0 Å². The number of methoxy groups -OCH3 is 1. The van der Waals surface area contributed by atoms with E-state index in [-0.39, 0.29) is 5.91 Å². The Balaban J connectivity index is 1.67. The monoisotopic (exact) mass is 345 g/mol. The second-order valence-electron chi connectivity index (χ2n) is 5.88. The van der Waals surface area contributed by atoms with Crippen molar-refractivity contribution in [1.82, 2.24) is 4.98 Å². The maximum atomic E-state index is 12.4. The third kappa shape index (κ3) is 2.71. The number of fused-ring (bicyclic) bond motifs is 3. The van der Waals surface area contributed by atoms with Crippen molar-refractivity contribution in [3.05, 3.63) is 65.9 Å². The van der Waals surface area contributed by atoms with Gasteiger partial charge in [0.15, 0.2) is 0 Å². The predicted molar refractivity (Wildman–Crippen MR) is 99.0 cm³/mol. The fourth-order valence-electron chi connectivity index (χ4n) is 3.07. The zero-order chi connectivity index (χ0) is 18.1. The van der Waals surface area contributed by atoms with E-state index < -0.39 is 11.9 Å². The van der Waals surface area contributed by atoms with Gasteiger partial charge in [-0.1, -0.05) is 6.07 Å². The Morgan fingerprint density at radius 2 is 2.00 bits per heavy atom. The van der Waals surface area contributed by atoms with Crippen LogP contribution < -0.4 is 5.32 Å². The first-order chi connectivity index (χ1) is 12.7. The molecule has 1 aromatic heterocycles. The van der Waals surface area contributed by atoms with Gasteiger partial charge >= 0.3 is 5.97 Å². The van der Waals surface area contributed by atoms with Crippen LogP contribution in [0, 0.1) is 0 Å². The Morgan fingerprint density at radius 1 is 1.19 bits per heavy atom. The standard InChI is InChI=1S/C20H15N3O3/c1-26-20(25)12-4-6-13(7-5-12)22-11-15-18-14-3-2-10-21-16(14)8-9-17(18)23-19(15)24/h2-11,15H,1H3,(H,23,24). The minimum atomic E-state index is -0.488. The van der Waals surface area contributed by atoms with Crippen molar-refractivity contribution >= 4 is 40.4 Å². The van der Waals surface area contributed by atoms with Crippen molar-refractivity contribution in [2.45, 2.75) is 5.92 Å². The molecule has 1 unspecified atom stereocenters. The zero-order valence-electron chi connectivity index (χ0n) is 14.0. The molecule has 1 aliphatic heterocycles. The van der Waals surface area contributed by atoms with Gasteiger partial charge in [-0.05, 0) is 42.5 Å². The van der Waals surface area contributed by atoms with E-state index in [9.17, 15) is 9.59 Å². The maximum absolute atomic E-state index is 12.4. The molecule has 4 rings (SSSR count). The second-order valence-corrected chi connectivity index (χ2v) is 5.88. The van der Waals surface area contributed by atoms with Gasteiger partial charge in [-0.3, -0.25) is 14.8 Å². The number of amides is 1. The van der Waals surface area contributed by atoms with Crippen LogP contribution in [0.25, 0.3) is 10.9 Å². The number of benzene rings is 2. The van der Waals surface area contributed by atoms with E-state index in [0.717, 1.165) is 22.2 Å². The van der Waals surface area contributed by atoms with Crippen molar-refractivity contribution in [3.63, 3.8) is 0 Å². The van der Waals surface area contributed by atoms with E-state index in [1.54, 1.807) is 36.7 Å². The van der Waals surface area contributed by atoms with E-state index in [0.29, 0.717) is 11.3 Å². The van der Waals surface area contributed by atoms with E-state index >= 15 is 0 Å². The number of hydrogen-bond donors (Lipinski definition) is 1. The lowest BCUT2D eigenvalue weighted by molar-refractivity contribution is -0.115. The van der Waals surface area contributed by atoms with Gasteiger partial charge in [0, 0.05) is 29.0 Å². The molecule has 0 bridgehead atoms. The lowest BCUT2D eigenvalue weighted by Gasteiger charge is -2.07. The Bertz CT molecular complexity index is 1040. The Labute approximate surface area is 149 Å². The molecule has 1 amide bonds. The SMILES string of the molecule is COC(=O)c1ccc(N=CC2C(=O)Nc3ccc4ncccc4c32)cc1. The van der Waals surface area contributed by atoms with Crippen molar-refractivity contribution in [3.8, 4) is 0 Å². The van der Waals surface area contributed by atoms with Crippen molar-refractivity contribution in [2.75, 3.05) is 12.4 Å². The topological polar surface area (TPSA) is 80.6 Å². The lowest BCUT2D eigenvalue weighted by Crippen LogP contribution is -2.13.